The summed E-state index contributed by atoms with van der Waals surface area (Å²) >= 11 is -0.0395. The molecule has 5 rings (SSSR count). The molecule has 4 saturated carbocycles. The zero-order valence-electron chi connectivity index (χ0n) is 14.7. The Morgan fingerprint density at radius 3 is 2.17 bits per heavy atom. The van der Waals surface area contributed by atoms with Gasteiger partial charge in [0.15, 0.2) is 0 Å². The van der Waals surface area contributed by atoms with Crippen molar-refractivity contribution in [1.82, 2.24) is 3.53 Å². The number of nitrogens with one attached hydrogen (secondary N) is 1. The van der Waals surface area contributed by atoms with E-state index in [4.69, 9.17) is 9.47 Å². The Labute approximate surface area is 154 Å². The van der Waals surface area contributed by atoms with E-state index >= 15 is 0 Å². The van der Waals surface area contributed by atoms with E-state index in [0.717, 1.165) is 32.1 Å². The van der Waals surface area contributed by atoms with Crippen LogP contribution in [-0.4, -0.2) is 27.2 Å². The van der Waals surface area contributed by atoms with Crippen LogP contribution in [0, 0.1) is 17.3 Å². The molecule has 1 heterocycles. The van der Waals surface area contributed by atoms with Crippen molar-refractivity contribution in [2.45, 2.75) is 81.0 Å². The van der Waals surface area contributed by atoms with Gasteiger partial charge >= 0.3 is 154 Å². The number of carbonyl (C=O) groups excluding carboxylic acids is 2. The predicted molar refractivity (Wildman–Crippen MR) is 83.3 cm³/mol. The predicted octanol–water partition coefficient (Wildman–Crippen LogP) is -0.466. The van der Waals surface area contributed by atoms with Gasteiger partial charge in [0.05, 0.1) is 0 Å². The zero-order valence-corrected chi connectivity index (χ0v) is 16.9. The van der Waals surface area contributed by atoms with Crippen molar-refractivity contribution in [1.29, 1.82) is 0 Å². The number of hydrogen-bond acceptors (Lipinski definition) is 5. The Kier molecular flexibility index (Phi) is 3.95. The van der Waals surface area contributed by atoms with E-state index in [1.807, 2.05) is 6.92 Å². The second kappa shape index (κ2) is 5.56. The number of alkyl halides is 1. The van der Waals surface area contributed by atoms with Crippen molar-refractivity contribution in [3.8, 4) is 0 Å². The van der Waals surface area contributed by atoms with Gasteiger partial charge in [0, 0.05) is 0 Å². The van der Waals surface area contributed by atoms with Crippen LogP contribution < -0.4 is 25.0 Å². The third-order valence-electron chi connectivity index (χ3n) is 6.60. The Balaban J connectivity index is 1.56. The summed E-state index contributed by atoms with van der Waals surface area (Å²) in [6, 6.07) is 0. The van der Waals surface area contributed by atoms with Crippen LogP contribution in [0.4, 0.5) is 0 Å². The zero-order chi connectivity index (χ0) is 17.2. The van der Waals surface area contributed by atoms with E-state index in [9.17, 15) is 9.59 Å². The van der Waals surface area contributed by atoms with Gasteiger partial charge in [-0.15, -0.1) is 0 Å². The molecule has 6 heteroatoms. The van der Waals surface area contributed by atoms with Gasteiger partial charge in [-0.1, -0.05) is 0 Å². The molecule has 4 atom stereocenters. The summed E-state index contributed by atoms with van der Waals surface area (Å²) in [7, 11) is 0. The number of hydrogen-bond donors (Lipinski definition) is 1. The standard InChI is InChI=1S/C18H27INO4/c1-4-16(3,14-19-20-14)15(22)24-18-8-12-5-13(9-18)7-17(6-12,10-18)23-11(2)21/h12-14,20H,4-10H2,1-3H3/q-1. The average molecular weight is 448 g/mol. The summed E-state index contributed by atoms with van der Waals surface area (Å²) in [5, 5.41) is 0. The molecule has 5 nitrogen and oxygen atoms in total. The molecule has 0 aromatic rings. The topological polar surface area (TPSA) is 74.5 Å². The fraction of sp³-hybridized carbons (Fsp3) is 0.889. The Morgan fingerprint density at radius 1 is 1.17 bits per heavy atom. The molecule has 4 bridgehead atoms. The fourth-order valence-electron chi connectivity index (χ4n) is 5.65. The van der Waals surface area contributed by atoms with Crippen molar-refractivity contribution in [2.24, 2.45) is 17.3 Å². The van der Waals surface area contributed by atoms with Gasteiger partial charge in [-0.05, 0) is 0 Å². The molecule has 0 radical (unpaired) electrons. The second-order valence-corrected chi connectivity index (χ2v) is 11.2. The Morgan fingerprint density at radius 2 is 1.71 bits per heavy atom. The number of ether oxygens (including phenoxy) is 2. The molecular formula is C18H27INO4-. The van der Waals surface area contributed by atoms with Crippen LogP contribution in [0.3, 0.4) is 0 Å². The van der Waals surface area contributed by atoms with Gasteiger partial charge in [0.25, 0.3) is 0 Å². The average Bonchev–Trinajstić information content (AvgIpc) is 3.27. The van der Waals surface area contributed by atoms with E-state index in [0.29, 0.717) is 22.3 Å². The van der Waals surface area contributed by atoms with E-state index in [-0.39, 0.29) is 39.0 Å². The van der Waals surface area contributed by atoms with Crippen molar-refractivity contribution in [2.75, 3.05) is 0 Å². The van der Waals surface area contributed by atoms with E-state index in [1.54, 1.807) is 0 Å². The van der Waals surface area contributed by atoms with Gasteiger partial charge < -0.3 is 0 Å². The van der Waals surface area contributed by atoms with Gasteiger partial charge in [-0.2, -0.15) is 0 Å². The third-order valence-corrected chi connectivity index (χ3v) is 9.22. The molecule has 24 heavy (non-hydrogen) atoms. The first-order valence-corrected chi connectivity index (χ1v) is 11.4. The molecule has 5 fully saturated rings. The molecule has 0 aromatic carbocycles. The van der Waals surface area contributed by atoms with E-state index in [1.165, 1.54) is 13.3 Å². The van der Waals surface area contributed by atoms with Crippen LogP contribution in [0.25, 0.3) is 0 Å². The molecule has 0 spiro atoms. The van der Waals surface area contributed by atoms with Gasteiger partial charge in [0.2, 0.25) is 0 Å². The number of esters is 2. The van der Waals surface area contributed by atoms with Gasteiger partial charge in [-0.3, -0.25) is 0 Å². The minimum absolute atomic E-state index is 0.0395. The van der Waals surface area contributed by atoms with Crippen LogP contribution in [0.2, 0.25) is 0 Å². The summed E-state index contributed by atoms with van der Waals surface area (Å²) in [6.07, 6.45) is 6.50. The van der Waals surface area contributed by atoms with Crippen LogP contribution in [0.15, 0.2) is 0 Å². The fourth-order valence-corrected chi connectivity index (χ4v) is 7.90. The molecule has 4 aliphatic carbocycles. The normalized spacial score (nSPS) is 45.0. The molecule has 1 aliphatic heterocycles. The Hall–Kier alpha value is -0.370. The quantitative estimate of drug-likeness (QED) is 0.154. The number of rotatable bonds is 5. The van der Waals surface area contributed by atoms with Gasteiger partial charge in [0.1, 0.15) is 0 Å². The summed E-state index contributed by atoms with van der Waals surface area (Å²) in [4.78, 5) is 24.7. The number of halogens is 1. The van der Waals surface area contributed by atoms with Crippen LogP contribution in [-0.2, 0) is 19.1 Å². The SMILES string of the molecule is CCC(C)(C(=O)OC12CC3CC(CC(OC(C)=O)(C3)C1)C2)C1N[I-]1. The molecular weight excluding hydrogens is 421 g/mol. The summed E-state index contributed by atoms with van der Waals surface area (Å²) in [6.45, 7) is 5.61. The molecule has 0 amide bonds. The van der Waals surface area contributed by atoms with Crippen LogP contribution >= 0.6 is 0 Å². The minimum atomic E-state index is -0.403. The maximum absolute atomic E-state index is 13.0. The maximum atomic E-state index is 13.0. The van der Waals surface area contributed by atoms with E-state index < -0.39 is 11.0 Å². The monoisotopic (exact) mass is 448 g/mol. The van der Waals surface area contributed by atoms with Crippen molar-refractivity contribution in [3.63, 3.8) is 0 Å². The molecule has 1 saturated heterocycles. The molecule has 136 valence electrons. The van der Waals surface area contributed by atoms with Crippen LogP contribution in [0.5, 0.6) is 0 Å². The molecule has 4 unspecified atom stereocenters. The summed E-state index contributed by atoms with van der Waals surface area (Å²) in [5.74, 6) is 0.805. The Bertz CT molecular complexity index is 561. The third kappa shape index (κ3) is 2.77. The first-order valence-electron chi connectivity index (χ1n) is 9.09. The van der Waals surface area contributed by atoms with Crippen LogP contribution in [0.1, 0.15) is 65.7 Å². The van der Waals surface area contributed by atoms with Gasteiger partial charge in [-0.25, -0.2) is 0 Å². The van der Waals surface area contributed by atoms with E-state index in [2.05, 4.69) is 10.5 Å². The molecule has 0 aromatic heterocycles. The summed E-state index contributed by atoms with van der Waals surface area (Å²) in [5.41, 5.74) is -1.19. The summed E-state index contributed by atoms with van der Waals surface area (Å²) < 4.78 is 15.8. The second-order valence-electron chi connectivity index (χ2n) is 8.66. The van der Waals surface area contributed by atoms with Crippen molar-refractivity contribution < 1.29 is 40.5 Å². The first-order chi connectivity index (χ1) is 11.3. The molecule has 5 aliphatic rings. The molecule has 1 N–H and O–H groups in total. The number of carbonyl (C=O) groups is 2. The van der Waals surface area contributed by atoms with Crippen molar-refractivity contribution >= 4 is 11.9 Å². The first kappa shape index (κ1) is 17.1. The van der Waals surface area contributed by atoms with Crippen molar-refractivity contribution in [3.05, 3.63) is 0 Å².